The lowest BCUT2D eigenvalue weighted by Gasteiger charge is -2.41. The summed E-state index contributed by atoms with van der Waals surface area (Å²) in [5, 5.41) is 4.93. The minimum atomic E-state index is -0.580. The first-order valence-electron chi connectivity index (χ1n) is 20.8. The maximum absolute atomic E-state index is 7.16. The Hall–Kier alpha value is -7.22. The van der Waals surface area contributed by atoms with Crippen LogP contribution in [-0.4, -0.2) is 0 Å². The van der Waals surface area contributed by atoms with E-state index in [-0.39, 0.29) is 11.8 Å². The molecule has 1 spiro atoms. The fourth-order valence-corrected chi connectivity index (χ4v) is 12.0. The number of allylic oxidation sites excluding steroid dienone is 4. The minimum absolute atomic E-state index is 0.163. The summed E-state index contributed by atoms with van der Waals surface area (Å²) < 4.78 is 7.16. The lowest BCUT2D eigenvalue weighted by Crippen LogP contribution is -2.35. The van der Waals surface area contributed by atoms with Crippen LogP contribution in [0.15, 0.2) is 218 Å². The van der Waals surface area contributed by atoms with Gasteiger partial charge in [-0.3, -0.25) is 0 Å². The van der Waals surface area contributed by atoms with Crippen LogP contribution in [0.1, 0.15) is 50.4 Å². The average molecular weight is 751 g/mol. The molecule has 0 fully saturated rings. The summed E-state index contributed by atoms with van der Waals surface area (Å²) in [6.45, 7) is 0. The number of ether oxygens (including phenoxy) is 1. The van der Waals surface area contributed by atoms with Crippen LogP contribution in [0.3, 0.4) is 0 Å². The van der Waals surface area contributed by atoms with Crippen LogP contribution in [0.2, 0.25) is 0 Å². The Kier molecular flexibility index (Phi) is 6.76. The molecule has 9 aromatic carbocycles. The van der Waals surface area contributed by atoms with E-state index in [0.717, 1.165) is 16.9 Å². The minimum Gasteiger partial charge on any atom is -0.456 e. The lowest BCUT2D eigenvalue weighted by atomic mass is 9.61. The van der Waals surface area contributed by atoms with Crippen molar-refractivity contribution in [2.24, 2.45) is 5.92 Å². The number of benzene rings is 9. The SMILES string of the molecule is C1=CC2c3c(ccc4ccccc34)C(c3ccccc3)(c3ccccc3-c3cc4c(c5ccccc35)Oc3ccccc3C43c4ccccc4-c4ccccc43)C2C=C1. The van der Waals surface area contributed by atoms with Gasteiger partial charge in [0, 0.05) is 28.3 Å². The first-order valence-corrected chi connectivity index (χ1v) is 20.8. The monoisotopic (exact) mass is 750 g/mol. The van der Waals surface area contributed by atoms with Gasteiger partial charge in [-0.2, -0.15) is 0 Å². The quantitative estimate of drug-likeness (QED) is 0.175. The molecule has 1 nitrogen and oxygen atoms in total. The third-order valence-electron chi connectivity index (χ3n) is 14.1. The number of fused-ring (bicyclic) bond motifs is 16. The molecule has 1 aliphatic heterocycles. The molecule has 1 heteroatoms. The van der Waals surface area contributed by atoms with Gasteiger partial charge in [-0.05, 0) is 83.9 Å². The summed E-state index contributed by atoms with van der Waals surface area (Å²) >= 11 is 0. The van der Waals surface area contributed by atoms with Crippen molar-refractivity contribution in [3.63, 3.8) is 0 Å². The van der Waals surface area contributed by atoms with Gasteiger partial charge in [-0.25, -0.2) is 0 Å². The molecule has 13 rings (SSSR count). The van der Waals surface area contributed by atoms with E-state index >= 15 is 0 Å². The standard InChI is InChI=1S/C58H38O/c1-2-19-38(20-3-1)57(50-31-15-11-27-45(50)55-39-21-5-4-18-37(39)34-35-52(55)57)47-28-12-10-25-43(47)46-36-53-56(44-26-7-6-22-40(44)46)59-54-33-17-16-32-51(54)58(53)48-29-13-8-23-41(48)42-24-9-14-30-49(42)58/h1-36,45,50H. The van der Waals surface area contributed by atoms with Crippen LogP contribution in [0.25, 0.3) is 43.8 Å². The van der Waals surface area contributed by atoms with Gasteiger partial charge in [0.15, 0.2) is 0 Å². The van der Waals surface area contributed by atoms with Crippen molar-refractivity contribution in [1.82, 2.24) is 0 Å². The Balaban J connectivity index is 1.17. The zero-order valence-electron chi connectivity index (χ0n) is 32.3. The third kappa shape index (κ3) is 4.14. The Morgan fingerprint density at radius 1 is 0.390 bits per heavy atom. The van der Waals surface area contributed by atoms with E-state index in [4.69, 9.17) is 4.74 Å². The molecule has 0 bridgehead atoms. The summed E-state index contributed by atoms with van der Waals surface area (Å²) in [6.07, 6.45) is 9.47. The molecule has 0 amide bonds. The molecule has 276 valence electrons. The van der Waals surface area contributed by atoms with Gasteiger partial charge in [-0.15, -0.1) is 0 Å². The molecule has 0 saturated carbocycles. The smallest absolute Gasteiger partial charge is 0.140 e. The molecule has 59 heavy (non-hydrogen) atoms. The van der Waals surface area contributed by atoms with Gasteiger partial charge in [0.05, 0.1) is 10.8 Å². The van der Waals surface area contributed by atoms with Crippen molar-refractivity contribution >= 4 is 21.5 Å². The van der Waals surface area contributed by atoms with Crippen LogP contribution in [-0.2, 0) is 10.8 Å². The molecular weight excluding hydrogens is 713 g/mol. The normalized spacial score (nSPS) is 19.7. The van der Waals surface area contributed by atoms with Gasteiger partial charge in [0.25, 0.3) is 0 Å². The van der Waals surface area contributed by atoms with E-state index in [1.54, 1.807) is 0 Å². The molecular formula is C58H38O. The van der Waals surface area contributed by atoms with Gasteiger partial charge in [0.2, 0.25) is 0 Å². The predicted octanol–water partition coefficient (Wildman–Crippen LogP) is 14.3. The predicted molar refractivity (Wildman–Crippen MR) is 242 cm³/mol. The molecule has 0 saturated heterocycles. The van der Waals surface area contributed by atoms with Gasteiger partial charge in [0.1, 0.15) is 11.5 Å². The number of hydrogen-bond acceptors (Lipinski definition) is 1. The largest absolute Gasteiger partial charge is 0.456 e. The first kappa shape index (κ1) is 32.8. The average Bonchev–Trinajstić information content (AvgIpc) is 3.78. The summed E-state index contributed by atoms with van der Waals surface area (Å²) in [6, 6.07) is 72.5. The van der Waals surface area contributed by atoms with Crippen LogP contribution in [0, 0.1) is 5.92 Å². The van der Waals surface area contributed by atoms with Gasteiger partial charge in [-0.1, -0.05) is 206 Å². The van der Waals surface area contributed by atoms with E-state index < -0.39 is 10.8 Å². The summed E-state index contributed by atoms with van der Waals surface area (Å²) in [5.74, 6) is 2.22. The zero-order valence-corrected chi connectivity index (χ0v) is 32.3. The molecule has 0 N–H and O–H groups in total. The van der Waals surface area contributed by atoms with Crippen molar-refractivity contribution in [2.75, 3.05) is 0 Å². The molecule has 0 aromatic heterocycles. The van der Waals surface area contributed by atoms with Crippen LogP contribution < -0.4 is 4.74 Å². The fourth-order valence-electron chi connectivity index (χ4n) is 12.0. The maximum atomic E-state index is 7.16. The van der Waals surface area contributed by atoms with Gasteiger partial charge >= 0.3 is 0 Å². The van der Waals surface area contributed by atoms with Crippen molar-refractivity contribution < 1.29 is 4.74 Å². The second kappa shape index (κ2) is 12.1. The molecule has 3 unspecified atom stereocenters. The molecule has 3 aliphatic carbocycles. The van der Waals surface area contributed by atoms with Gasteiger partial charge < -0.3 is 4.74 Å². The summed E-state index contributed by atoms with van der Waals surface area (Å²) in [7, 11) is 0. The molecule has 9 aromatic rings. The lowest BCUT2D eigenvalue weighted by molar-refractivity contribution is 0.442. The molecule has 0 radical (unpaired) electrons. The van der Waals surface area contributed by atoms with Crippen molar-refractivity contribution in [3.8, 4) is 33.8 Å². The van der Waals surface area contributed by atoms with Crippen LogP contribution in [0.4, 0.5) is 0 Å². The van der Waals surface area contributed by atoms with Crippen molar-refractivity contribution in [2.45, 2.75) is 16.7 Å². The fraction of sp³-hybridized carbons (Fsp3) is 0.0690. The van der Waals surface area contributed by atoms with Crippen molar-refractivity contribution in [1.29, 1.82) is 0 Å². The van der Waals surface area contributed by atoms with Crippen molar-refractivity contribution in [3.05, 3.63) is 263 Å². The second-order valence-corrected chi connectivity index (χ2v) is 16.6. The van der Waals surface area contributed by atoms with E-state index in [1.807, 2.05) is 0 Å². The first-order chi connectivity index (χ1) is 29.3. The highest BCUT2D eigenvalue weighted by atomic mass is 16.5. The topological polar surface area (TPSA) is 9.23 Å². The molecule has 1 heterocycles. The van der Waals surface area contributed by atoms with Crippen LogP contribution in [0.5, 0.6) is 11.5 Å². The Morgan fingerprint density at radius 3 is 1.73 bits per heavy atom. The highest BCUT2D eigenvalue weighted by molar-refractivity contribution is 6.05. The zero-order chi connectivity index (χ0) is 38.7. The summed E-state index contributed by atoms with van der Waals surface area (Å²) in [5.41, 5.74) is 14.4. The second-order valence-electron chi connectivity index (χ2n) is 16.6. The molecule has 3 atom stereocenters. The van der Waals surface area contributed by atoms with E-state index in [2.05, 4.69) is 218 Å². The maximum Gasteiger partial charge on any atom is 0.140 e. The molecule has 4 aliphatic rings. The number of para-hydroxylation sites is 1. The Labute approximate surface area is 344 Å². The van der Waals surface area contributed by atoms with E-state index in [0.29, 0.717) is 0 Å². The highest BCUT2D eigenvalue weighted by Gasteiger charge is 2.55. The highest BCUT2D eigenvalue weighted by Crippen LogP contribution is 2.65. The van der Waals surface area contributed by atoms with E-state index in [1.165, 1.54) is 82.9 Å². The van der Waals surface area contributed by atoms with E-state index in [9.17, 15) is 0 Å². The number of rotatable bonds is 3. The number of hydrogen-bond donors (Lipinski definition) is 0. The Morgan fingerprint density at radius 2 is 0.966 bits per heavy atom. The Bertz CT molecular complexity index is 3230. The summed E-state index contributed by atoms with van der Waals surface area (Å²) in [4.78, 5) is 0. The third-order valence-corrected chi connectivity index (χ3v) is 14.1. The van der Waals surface area contributed by atoms with Crippen LogP contribution >= 0.6 is 0 Å².